The molecule has 7 nitrogen and oxygen atoms in total. The topological polar surface area (TPSA) is 105 Å². The summed E-state index contributed by atoms with van der Waals surface area (Å²) < 4.78 is 6.08. The average molecular weight is 451 g/mol. The third-order valence-corrected chi connectivity index (χ3v) is 6.67. The van der Waals surface area contributed by atoms with E-state index in [1.807, 2.05) is 0 Å². The summed E-state index contributed by atoms with van der Waals surface area (Å²) in [6, 6.07) is 0. The molecule has 0 aliphatic carbocycles. The number of ether oxygens (including phenoxy) is 1. The van der Waals surface area contributed by atoms with Gasteiger partial charge in [0.05, 0.1) is 18.8 Å². The Morgan fingerprint density at radius 3 is 2.34 bits per heavy atom. The smallest absolute Gasteiger partial charge is 0.303 e. The number of nitrogens with one attached hydrogen (secondary N) is 2. The highest BCUT2D eigenvalue weighted by Gasteiger charge is 2.47. The molecule has 0 unspecified atom stereocenters. The third kappa shape index (κ3) is 9.72. The summed E-state index contributed by atoms with van der Waals surface area (Å²) in [6.07, 6.45) is 16.6. The Labute approximate surface area is 192 Å². The van der Waals surface area contributed by atoms with E-state index in [2.05, 4.69) is 29.7 Å². The number of carbonyl (C=O) groups excluding carboxylic acids is 2. The number of hydrogen-bond acceptors (Lipinski definition) is 4. The first-order chi connectivity index (χ1) is 15.5. The van der Waals surface area contributed by atoms with Gasteiger partial charge >= 0.3 is 5.97 Å². The molecule has 2 heterocycles. The number of amides is 2. The molecule has 2 bridgehead atoms. The predicted molar refractivity (Wildman–Crippen MR) is 124 cm³/mol. The summed E-state index contributed by atoms with van der Waals surface area (Å²) in [6.45, 7) is 2.79. The van der Waals surface area contributed by atoms with E-state index in [0.29, 0.717) is 31.2 Å². The van der Waals surface area contributed by atoms with Crippen LogP contribution in [0.25, 0.3) is 0 Å². The Hall–Kier alpha value is -1.89. The molecule has 2 fully saturated rings. The molecule has 2 aliphatic rings. The lowest BCUT2D eigenvalue weighted by Crippen LogP contribution is -2.42. The number of aliphatic carboxylic acids is 1. The van der Waals surface area contributed by atoms with E-state index in [0.717, 1.165) is 38.5 Å². The maximum absolute atomic E-state index is 12.2. The lowest BCUT2D eigenvalue weighted by atomic mass is 9.77. The first-order valence-electron chi connectivity index (χ1n) is 12.6. The van der Waals surface area contributed by atoms with Crippen molar-refractivity contribution in [3.8, 4) is 0 Å². The summed E-state index contributed by atoms with van der Waals surface area (Å²) in [4.78, 5) is 34.7. The maximum atomic E-state index is 12.2. The second kappa shape index (κ2) is 15.0. The van der Waals surface area contributed by atoms with E-state index in [4.69, 9.17) is 9.84 Å². The van der Waals surface area contributed by atoms with Crippen LogP contribution >= 0.6 is 0 Å². The van der Waals surface area contributed by atoms with Crippen LogP contribution in [-0.2, 0) is 19.1 Å². The monoisotopic (exact) mass is 450 g/mol. The number of carboxylic acid groups (broad SMARTS) is 1. The number of carboxylic acids is 1. The van der Waals surface area contributed by atoms with Gasteiger partial charge < -0.3 is 20.5 Å². The van der Waals surface area contributed by atoms with E-state index < -0.39 is 5.97 Å². The van der Waals surface area contributed by atoms with Crippen molar-refractivity contribution < 1.29 is 24.2 Å². The van der Waals surface area contributed by atoms with Crippen molar-refractivity contribution in [2.24, 2.45) is 11.8 Å². The molecular formula is C25H42N2O5. The molecule has 0 spiro atoms. The van der Waals surface area contributed by atoms with Gasteiger partial charge in [0.25, 0.3) is 0 Å². The zero-order valence-electron chi connectivity index (χ0n) is 19.7. The molecule has 7 heteroatoms. The van der Waals surface area contributed by atoms with Crippen LogP contribution in [0, 0.1) is 11.8 Å². The predicted octanol–water partition coefficient (Wildman–Crippen LogP) is 3.96. The first kappa shape index (κ1) is 26.4. The standard InChI is InChI=1S/C25H42N2O5/c1-2-3-4-5-6-10-13-23(28)27-18-24(29)26-17-20-19(21-15-16-22(20)32-21)12-9-7-8-11-14-25(30)31/h7,9,19-22H,2-6,8,10-18H2,1H3,(H,26,29)(H,27,28)(H,30,31)/b9-7-/t19-,20+,21-,22+/m1/s1. The minimum atomic E-state index is -0.755. The van der Waals surface area contributed by atoms with Gasteiger partial charge in [-0.1, -0.05) is 51.2 Å². The Morgan fingerprint density at radius 1 is 0.875 bits per heavy atom. The summed E-state index contributed by atoms with van der Waals surface area (Å²) in [7, 11) is 0. The third-order valence-electron chi connectivity index (χ3n) is 6.67. The van der Waals surface area contributed by atoms with Gasteiger partial charge in [-0.2, -0.15) is 0 Å². The minimum Gasteiger partial charge on any atom is -0.481 e. The van der Waals surface area contributed by atoms with Crippen LogP contribution in [-0.4, -0.2) is 48.2 Å². The summed E-state index contributed by atoms with van der Waals surface area (Å²) >= 11 is 0. The zero-order valence-corrected chi connectivity index (χ0v) is 19.7. The number of unbranched alkanes of at least 4 members (excludes halogenated alkanes) is 6. The molecule has 2 saturated heterocycles. The number of allylic oxidation sites excluding steroid dienone is 2. The van der Waals surface area contributed by atoms with Crippen molar-refractivity contribution >= 4 is 17.8 Å². The van der Waals surface area contributed by atoms with Gasteiger partial charge in [0.1, 0.15) is 0 Å². The molecule has 0 aromatic carbocycles. The normalized spacial score (nSPS) is 24.2. The number of fused-ring (bicyclic) bond motifs is 2. The second-order valence-corrected chi connectivity index (χ2v) is 9.21. The van der Waals surface area contributed by atoms with Gasteiger partial charge in [0.15, 0.2) is 0 Å². The highest BCUT2D eigenvalue weighted by Crippen LogP contribution is 2.44. The molecule has 2 aliphatic heterocycles. The van der Waals surface area contributed by atoms with E-state index in [1.165, 1.54) is 25.7 Å². The molecule has 2 rings (SSSR count). The van der Waals surface area contributed by atoms with Crippen molar-refractivity contribution in [1.29, 1.82) is 0 Å². The van der Waals surface area contributed by atoms with Crippen molar-refractivity contribution in [2.75, 3.05) is 13.1 Å². The van der Waals surface area contributed by atoms with Gasteiger partial charge in [0.2, 0.25) is 11.8 Å². The van der Waals surface area contributed by atoms with Gasteiger partial charge in [-0.15, -0.1) is 0 Å². The minimum absolute atomic E-state index is 0.0322. The van der Waals surface area contributed by atoms with Crippen LogP contribution in [0.1, 0.15) is 90.4 Å². The van der Waals surface area contributed by atoms with Gasteiger partial charge in [-0.25, -0.2) is 0 Å². The van der Waals surface area contributed by atoms with Crippen LogP contribution in [0.3, 0.4) is 0 Å². The summed E-state index contributed by atoms with van der Waals surface area (Å²) in [5.41, 5.74) is 0. The molecule has 0 saturated carbocycles. The average Bonchev–Trinajstić information content (AvgIpc) is 3.37. The van der Waals surface area contributed by atoms with E-state index in [9.17, 15) is 14.4 Å². The van der Waals surface area contributed by atoms with Crippen LogP contribution in [0.2, 0.25) is 0 Å². The maximum Gasteiger partial charge on any atom is 0.303 e. The van der Waals surface area contributed by atoms with Crippen molar-refractivity contribution in [1.82, 2.24) is 10.6 Å². The van der Waals surface area contributed by atoms with E-state index in [1.54, 1.807) is 0 Å². The first-order valence-corrected chi connectivity index (χ1v) is 12.6. The zero-order chi connectivity index (χ0) is 23.2. The molecule has 2 amide bonds. The van der Waals surface area contributed by atoms with Gasteiger partial charge in [-0.3, -0.25) is 14.4 Å². The van der Waals surface area contributed by atoms with Crippen molar-refractivity contribution in [3.63, 3.8) is 0 Å². The highest BCUT2D eigenvalue weighted by molar-refractivity contribution is 5.84. The lowest BCUT2D eigenvalue weighted by molar-refractivity contribution is -0.137. The van der Waals surface area contributed by atoms with Crippen LogP contribution in [0.15, 0.2) is 12.2 Å². The highest BCUT2D eigenvalue weighted by atomic mass is 16.5. The van der Waals surface area contributed by atoms with Crippen molar-refractivity contribution in [2.45, 2.75) is 103 Å². The Balaban J connectivity index is 1.61. The quantitative estimate of drug-likeness (QED) is 0.230. The van der Waals surface area contributed by atoms with Crippen LogP contribution in [0.5, 0.6) is 0 Å². The van der Waals surface area contributed by atoms with E-state index in [-0.39, 0.29) is 37.0 Å². The van der Waals surface area contributed by atoms with Crippen molar-refractivity contribution in [3.05, 3.63) is 12.2 Å². The van der Waals surface area contributed by atoms with Crippen LogP contribution < -0.4 is 10.6 Å². The fourth-order valence-corrected chi connectivity index (χ4v) is 4.85. The Kier molecular flexibility index (Phi) is 12.4. The molecule has 4 atom stereocenters. The largest absolute Gasteiger partial charge is 0.481 e. The lowest BCUT2D eigenvalue weighted by Gasteiger charge is -2.27. The number of hydrogen-bond donors (Lipinski definition) is 3. The van der Waals surface area contributed by atoms with Gasteiger partial charge in [0, 0.05) is 25.3 Å². The molecule has 0 aromatic rings. The van der Waals surface area contributed by atoms with Gasteiger partial charge in [-0.05, 0) is 44.4 Å². The SMILES string of the molecule is CCCCCCCCC(=O)NCC(=O)NC[C@H]1[C@@H](C/C=C\CCCC(=O)O)[C@H]2CC[C@@H]1O2. The fourth-order valence-electron chi connectivity index (χ4n) is 4.85. The summed E-state index contributed by atoms with van der Waals surface area (Å²) in [5.74, 6) is -0.279. The summed E-state index contributed by atoms with van der Waals surface area (Å²) in [5, 5.41) is 14.4. The Morgan fingerprint density at radius 2 is 1.59 bits per heavy atom. The Bertz CT molecular complexity index is 621. The number of rotatable bonds is 17. The molecular weight excluding hydrogens is 408 g/mol. The van der Waals surface area contributed by atoms with Crippen LogP contribution in [0.4, 0.5) is 0 Å². The molecule has 0 radical (unpaired) electrons. The number of carbonyl (C=O) groups is 3. The molecule has 32 heavy (non-hydrogen) atoms. The fraction of sp³-hybridized carbons (Fsp3) is 0.800. The molecule has 182 valence electrons. The molecule has 3 N–H and O–H groups in total. The van der Waals surface area contributed by atoms with E-state index >= 15 is 0 Å². The molecule has 0 aromatic heterocycles. The second-order valence-electron chi connectivity index (χ2n) is 9.21.